The minimum absolute atomic E-state index is 0.468. The van der Waals surface area contributed by atoms with E-state index in [1.807, 2.05) is 13.1 Å². The second kappa shape index (κ2) is 3.02. The van der Waals surface area contributed by atoms with Crippen LogP contribution in [-0.4, -0.2) is 12.1 Å². The Hall–Kier alpha value is -0.300. The molecule has 0 aromatic rings. The van der Waals surface area contributed by atoms with Gasteiger partial charge in [0.1, 0.15) is 0 Å². The molecule has 0 bridgehead atoms. The van der Waals surface area contributed by atoms with Crippen LogP contribution in [0.5, 0.6) is 0 Å². The molecule has 0 aliphatic carbocycles. The van der Waals surface area contributed by atoms with Gasteiger partial charge in [0, 0.05) is 23.7 Å². The van der Waals surface area contributed by atoms with Gasteiger partial charge in [-0.05, 0) is 13.3 Å². The fourth-order valence-corrected chi connectivity index (χ4v) is 0.967. The molecule has 50 valence electrons. The molecule has 0 saturated heterocycles. The summed E-state index contributed by atoms with van der Waals surface area (Å²) < 4.78 is 0. The Morgan fingerprint density at radius 3 is 3.11 bits per heavy atom. The van der Waals surface area contributed by atoms with Crippen LogP contribution >= 0.6 is 11.6 Å². The Labute approximate surface area is 60.4 Å². The highest BCUT2D eigenvalue weighted by Crippen LogP contribution is 2.12. The van der Waals surface area contributed by atoms with Gasteiger partial charge in [0.2, 0.25) is 0 Å². The summed E-state index contributed by atoms with van der Waals surface area (Å²) in [6, 6.07) is 0. The lowest BCUT2D eigenvalue weighted by Gasteiger charge is -2.08. The number of alkyl halides is 1. The standard InChI is InChI=1S/C7H10ClN/c1-6-2-3-7(4-8)5-9-6/h2,5,7H,3-4H2,1H3. The summed E-state index contributed by atoms with van der Waals surface area (Å²) in [5.74, 6) is 1.16. The summed E-state index contributed by atoms with van der Waals surface area (Å²) in [5, 5.41) is 0. The molecule has 1 atom stereocenters. The zero-order valence-electron chi connectivity index (χ0n) is 5.47. The van der Waals surface area contributed by atoms with Crippen molar-refractivity contribution in [1.29, 1.82) is 0 Å². The van der Waals surface area contributed by atoms with Crippen molar-refractivity contribution in [2.24, 2.45) is 10.9 Å². The molecule has 1 aliphatic rings. The van der Waals surface area contributed by atoms with Crippen molar-refractivity contribution in [2.75, 3.05) is 5.88 Å². The minimum Gasteiger partial charge on any atom is -0.266 e. The van der Waals surface area contributed by atoms with Gasteiger partial charge in [-0.3, -0.25) is 4.99 Å². The monoisotopic (exact) mass is 143 g/mol. The summed E-state index contributed by atoms with van der Waals surface area (Å²) in [7, 11) is 0. The van der Waals surface area contributed by atoms with Crippen molar-refractivity contribution in [3.63, 3.8) is 0 Å². The van der Waals surface area contributed by atoms with Crippen LogP contribution < -0.4 is 0 Å². The summed E-state index contributed by atoms with van der Waals surface area (Å²) in [6.07, 6.45) is 5.11. The van der Waals surface area contributed by atoms with Crippen LogP contribution in [-0.2, 0) is 0 Å². The highest BCUT2D eigenvalue weighted by atomic mass is 35.5. The van der Waals surface area contributed by atoms with E-state index >= 15 is 0 Å². The van der Waals surface area contributed by atoms with Gasteiger partial charge in [-0.15, -0.1) is 11.6 Å². The van der Waals surface area contributed by atoms with Gasteiger partial charge < -0.3 is 0 Å². The van der Waals surface area contributed by atoms with E-state index in [1.54, 1.807) is 0 Å². The third-order valence-corrected chi connectivity index (χ3v) is 1.80. The van der Waals surface area contributed by atoms with Gasteiger partial charge in [0.15, 0.2) is 0 Å². The van der Waals surface area contributed by atoms with Gasteiger partial charge in [-0.25, -0.2) is 0 Å². The van der Waals surface area contributed by atoms with Crippen LogP contribution in [0.2, 0.25) is 0 Å². The predicted molar refractivity (Wildman–Crippen MR) is 41.1 cm³/mol. The van der Waals surface area contributed by atoms with Crippen molar-refractivity contribution in [3.8, 4) is 0 Å². The van der Waals surface area contributed by atoms with E-state index in [4.69, 9.17) is 11.6 Å². The number of rotatable bonds is 1. The number of halogens is 1. The molecule has 0 radical (unpaired) electrons. The zero-order chi connectivity index (χ0) is 6.69. The number of hydrogen-bond acceptors (Lipinski definition) is 1. The van der Waals surface area contributed by atoms with Crippen molar-refractivity contribution in [3.05, 3.63) is 11.8 Å². The van der Waals surface area contributed by atoms with Gasteiger partial charge in [-0.2, -0.15) is 0 Å². The van der Waals surface area contributed by atoms with Crippen molar-refractivity contribution in [1.82, 2.24) is 0 Å². The van der Waals surface area contributed by atoms with Crippen LogP contribution in [0.25, 0.3) is 0 Å². The van der Waals surface area contributed by atoms with Crippen molar-refractivity contribution < 1.29 is 0 Å². The van der Waals surface area contributed by atoms with Gasteiger partial charge in [-0.1, -0.05) is 6.08 Å². The average molecular weight is 144 g/mol. The van der Waals surface area contributed by atoms with E-state index < -0.39 is 0 Å². The van der Waals surface area contributed by atoms with Crippen LogP contribution in [0.1, 0.15) is 13.3 Å². The first-order chi connectivity index (χ1) is 4.33. The Morgan fingerprint density at radius 1 is 1.89 bits per heavy atom. The highest BCUT2D eigenvalue weighted by molar-refractivity contribution is 6.18. The fraction of sp³-hybridized carbons (Fsp3) is 0.571. The van der Waals surface area contributed by atoms with Crippen LogP contribution in [0.15, 0.2) is 16.8 Å². The first kappa shape index (κ1) is 6.81. The van der Waals surface area contributed by atoms with Crippen LogP contribution in [0.4, 0.5) is 0 Å². The highest BCUT2D eigenvalue weighted by Gasteiger charge is 2.04. The van der Waals surface area contributed by atoms with Crippen LogP contribution in [0, 0.1) is 5.92 Å². The molecule has 1 aliphatic heterocycles. The number of hydrogen-bond donors (Lipinski definition) is 0. The lowest BCUT2D eigenvalue weighted by atomic mass is 10.1. The molecule has 2 heteroatoms. The summed E-state index contributed by atoms with van der Waals surface area (Å²) in [4.78, 5) is 4.13. The topological polar surface area (TPSA) is 12.4 Å². The normalized spacial score (nSPS) is 26.0. The number of allylic oxidation sites excluding steroid dienone is 2. The van der Waals surface area contributed by atoms with E-state index in [0.29, 0.717) is 11.8 Å². The Bertz CT molecular complexity index is 149. The maximum absolute atomic E-state index is 5.61. The first-order valence-corrected chi connectivity index (χ1v) is 3.63. The maximum Gasteiger partial charge on any atom is 0.0329 e. The molecule has 1 unspecified atom stereocenters. The molecule has 1 rings (SSSR count). The molecule has 9 heavy (non-hydrogen) atoms. The average Bonchev–Trinajstić information content (AvgIpc) is 1.90. The number of aliphatic imine (C=N–C) groups is 1. The van der Waals surface area contributed by atoms with Gasteiger partial charge in [0.25, 0.3) is 0 Å². The fourth-order valence-electron chi connectivity index (χ4n) is 0.761. The lowest BCUT2D eigenvalue weighted by molar-refractivity contribution is 0.793. The van der Waals surface area contributed by atoms with Gasteiger partial charge in [0.05, 0.1) is 0 Å². The van der Waals surface area contributed by atoms with E-state index in [2.05, 4.69) is 11.1 Å². The quantitative estimate of drug-likeness (QED) is 0.499. The molecule has 0 saturated carbocycles. The lowest BCUT2D eigenvalue weighted by Crippen LogP contribution is -2.05. The molecular formula is C7H10ClN. The first-order valence-electron chi connectivity index (χ1n) is 3.10. The Balaban J connectivity index is 2.48. The SMILES string of the molecule is CC1=CCC(CCl)C=N1. The summed E-state index contributed by atoms with van der Waals surface area (Å²) >= 11 is 5.61. The van der Waals surface area contributed by atoms with Gasteiger partial charge >= 0.3 is 0 Å². The third kappa shape index (κ3) is 1.83. The molecule has 0 aromatic carbocycles. The largest absolute Gasteiger partial charge is 0.266 e. The summed E-state index contributed by atoms with van der Waals surface area (Å²) in [5.41, 5.74) is 1.11. The van der Waals surface area contributed by atoms with E-state index in [0.717, 1.165) is 12.1 Å². The van der Waals surface area contributed by atoms with E-state index in [1.165, 1.54) is 0 Å². The smallest absolute Gasteiger partial charge is 0.0329 e. The molecule has 0 N–H and O–H groups in total. The molecule has 0 amide bonds. The minimum atomic E-state index is 0.468. The van der Waals surface area contributed by atoms with E-state index in [-0.39, 0.29) is 0 Å². The molecule has 0 fully saturated rings. The van der Waals surface area contributed by atoms with Crippen molar-refractivity contribution >= 4 is 17.8 Å². The Kier molecular flexibility index (Phi) is 2.29. The molecular weight excluding hydrogens is 134 g/mol. The molecule has 0 spiro atoms. The molecule has 0 aromatic heterocycles. The zero-order valence-corrected chi connectivity index (χ0v) is 6.23. The predicted octanol–water partition coefficient (Wildman–Crippen LogP) is 2.22. The van der Waals surface area contributed by atoms with Crippen LogP contribution in [0.3, 0.4) is 0 Å². The second-order valence-corrected chi connectivity index (χ2v) is 2.58. The molecule has 1 nitrogen and oxygen atoms in total. The van der Waals surface area contributed by atoms with Crippen molar-refractivity contribution in [2.45, 2.75) is 13.3 Å². The third-order valence-electron chi connectivity index (χ3n) is 1.40. The second-order valence-electron chi connectivity index (χ2n) is 2.27. The molecule has 1 heterocycles. The maximum atomic E-state index is 5.61. The Morgan fingerprint density at radius 2 is 2.67 bits per heavy atom. The number of nitrogens with zero attached hydrogens (tertiary/aromatic N) is 1. The summed E-state index contributed by atoms with van der Waals surface area (Å²) in [6.45, 7) is 2.00. The van der Waals surface area contributed by atoms with E-state index in [9.17, 15) is 0 Å².